The molecule has 0 radical (unpaired) electrons. The largest absolute Gasteiger partial charge is 0.515 e. The molecule has 2 atom stereocenters. The summed E-state index contributed by atoms with van der Waals surface area (Å²) in [5, 5.41) is -0.0367. The highest BCUT2D eigenvalue weighted by atomic mass is 35.5. The Morgan fingerprint density at radius 1 is 1.35 bits per heavy atom. The minimum absolute atomic E-state index is 0.0367. The topological polar surface area (TPSA) is 58.6 Å². The molecule has 23 heavy (non-hydrogen) atoms. The van der Waals surface area contributed by atoms with Crippen LogP contribution < -0.4 is 4.98 Å². The molecule has 2 rings (SSSR count). The molecule has 2 aliphatic heterocycles. The van der Waals surface area contributed by atoms with Crippen LogP contribution in [0.15, 0.2) is 11.3 Å². The first-order chi connectivity index (χ1) is 10.4. The summed E-state index contributed by atoms with van der Waals surface area (Å²) < 4.78 is 5.61. The molecule has 5 nitrogen and oxygen atoms in total. The van der Waals surface area contributed by atoms with E-state index in [1.54, 1.807) is 16.7 Å². The fraction of sp³-hybridized carbons (Fsp3) is 0.714. The van der Waals surface area contributed by atoms with Crippen LogP contribution in [0.3, 0.4) is 0 Å². The van der Waals surface area contributed by atoms with Crippen molar-refractivity contribution in [1.29, 1.82) is 0 Å². The van der Waals surface area contributed by atoms with Gasteiger partial charge in [-0.3, -0.25) is 9.69 Å². The molecule has 0 saturated carbocycles. The molecular formula is C14H25ClN2O3SSi2. The molecule has 0 aromatic carbocycles. The lowest BCUT2D eigenvalue weighted by Crippen LogP contribution is -2.73. The number of nitrogens with zero attached hydrogens (tertiary/aromatic N) is 1. The molecule has 1 N–H and O–H groups in total. The van der Waals surface area contributed by atoms with E-state index in [0.29, 0.717) is 11.4 Å². The molecule has 9 heteroatoms. The normalized spacial score (nSPS) is 25.2. The number of halogens is 1. The predicted octanol–water partition coefficient (Wildman–Crippen LogP) is 2.57. The van der Waals surface area contributed by atoms with Gasteiger partial charge in [0.1, 0.15) is 25.3 Å². The number of rotatable bonds is 5. The number of carbonyl (C=O) groups is 2. The SMILES string of the molecule is C[Si](C)(C)N[C@@H]1C(=O)N2C(C(=O)O[Si](C)(C)C)=C(CCl)CS[C@H]12. The van der Waals surface area contributed by atoms with Gasteiger partial charge in [-0.05, 0) is 25.2 Å². The smallest absolute Gasteiger partial charge is 0.341 e. The lowest BCUT2D eigenvalue weighted by molar-refractivity contribution is -0.147. The van der Waals surface area contributed by atoms with E-state index in [4.69, 9.17) is 16.0 Å². The standard InChI is InChI=1S/C14H25ClN2O3SSi2/c1-22(2,3)16-10-12(18)17-11(14(19)20-23(4,5)6)9(7-15)8-21-13(10)17/h10,13,16H,7-8H2,1-6H3/t10-,13-/m1/s1. The lowest BCUT2D eigenvalue weighted by atomic mass is 10.0. The average Bonchev–Trinajstić information content (AvgIpc) is 2.40. The van der Waals surface area contributed by atoms with E-state index < -0.39 is 22.5 Å². The lowest BCUT2D eigenvalue weighted by Gasteiger charge is -2.51. The number of β-lactam (4-membered cyclic amide) rings is 1. The van der Waals surface area contributed by atoms with Crippen LogP contribution in [-0.2, 0) is 14.0 Å². The quantitative estimate of drug-likeness (QED) is 0.442. The maximum atomic E-state index is 12.6. The Hall–Kier alpha value is -0.286. The van der Waals surface area contributed by atoms with Crippen molar-refractivity contribution in [2.45, 2.75) is 50.7 Å². The summed E-state index contributed by atoms with van der Waals surface area (Å²) in [5.74, 6) is 0.462. The second-order valence-electron chi connectivity index (χ2n) is 7.87. The molecule has 0 aromatic heterocycles. The van der Waals surface area contributed by atoms with Crippen molar-refractivity contribution in [3.63, 3.8) is 0 Å². The van der Waals surface area contributed by atoms with Crippen molar-refractivity contribution in [1.82, 2.24) is 9.88 Å². The summed E-state index contributed by atoms with van der Waals surface area (Å²) in [6, 6.07) is -0.210. The Kier molecular flexibility index (Phi) is 5.42. The zero-order chi connectivity index (χ0) is 17.6. The zero-order valence-corrected chi connectivity index (χ0v) is 18.1. The van der Waals surface area contributed by atoms with Crippen LogP contribution in [0.4, 0.5) is 0 Å². The van der Waals surface area contributed by atoms with Gasteiger partial charge < -0.3 is 9.41 Å². The van der Waals surface area contributed by atoms with Gasteiger partial charge in [0.2, 0.25) is 14.2 Å². The summed E-state index contributed by atoms with van der Waals surface area (Å²) in [5.41, 5.74) is 1.17. The van der Waals surface area contributed by atoms with Crippen LogP contribution in [0.25, 0.3) is 0 Å². The molecule has 1 fully saturated rings. The van der Waals surface area contributed by atoms with E-state index in [1.165, 1.54) is 0 Å². The van der Waals surface area contributed by atoms with Gasteiger partial charge in [-0.1, -0.05) is 19.6 Å². The third-order valence-electron chi connectivity index (χ3n) is 3.39. The van der Waals surface area contributed by atoms with Crippen LogP contribution in [0.5, 0.6) is 0 Å². The van der Waals surface area contributed by atoms with Gasteiger partial charge in [-0.15, -0.1) is 23.4 Å². The van der Waals surface area contributed by atoms with Gasteiger partial charge in [-0.2, -0.15) is 0 Å². The minimum Gasteiger partial charge on any atom is -0.515 e. The second kappa shape index (κ2) is 6.55. The first-order valence-corrected chi connectivity index (χ1v) is 16.2. The predicted molar refractivity (Wildman–Crippen MR) is 101 cm³/mol. The van der Waals surface area contributed by atoms with Crippen molar-refractivity contribution in [2.75, 3.05) is 11.6 Å². The van der Waals surface area contributed by atoms with Gasteiger partial charge in [0, 0.05) is 11.6 Å². The van der Waals surface area contributed by atoms with Crippen LogP contribution in [0.2, 0.25) is 39.3 Å². The van der Waals surface area contributed by atoms with Crippen molar-refractivity contribution in [2.24, 2.45) is 0 Å². The Labute approximate surface area is 149 Å². The van der Waals surface area contributed by atoms with Gasteiger partial charge in [-0.25, -0.2) is 4.79 Å². The second-order valence-corrected chi connectivity index (χ2v) is 18.5. The molecule has 0 aliphatic carbocycles. The molecule has 130 valence electrons. The van der Waals surface area contributed by atoms with Crippen molar-refractivity contribution >= 4 is 51.8 Å². The highest BCUT2D eigenvalue weighted by molar-refractivity contribution is 8.00. The van der Waals surface area contributed by atoms with E-state index in [1.807, 2.05) is 19.6 Å². The fourth-order valence-corrected chi connectivity index (χ4v) is 6.23. The van der Waals surface area contributed by atoms with E-state index in [0.717, 1.165) is 5.57 Å². The fourth-order valence-electron chi connectivity index (χ4n) is 2.57. The third kappa shape index (κ3) is 4.22. The Morgan fingerprint density at radius 2 is 1.96 bits per heavy atom. The molecule has 0 aromatic rings. The number of alkyl halides is 1. The molecule has 0 bridgehead atoms. The molecule has 2 heterocycles. The summed E-state index contributed by atoms with van der Waals surface area (Å²) in [6.45, 7) is 12.3. The van der Waals surface area contributed by atoms with Crippen LogP contribution in [0, 0.1) is 0 Å². The number of carbonyl (C=O) groups excluding carboxylic acids is 2. The number of hydrogen-bond acceptors (Lipinski definition) is 5. The Morgan fingerprint density at radius 3 is 2.43 bits per heavy atom. The number of nitrogens with one attached hydrogen (secondary N) is 1. The summed E-state index contributed by atoms with van der Waals surface area (Å²) in [6.07, 6.45) is 0. The van der Waals surface area contributed by atoms with E-state index >= 15 is 0 Å². The Bertz CT molecular complexity index is 557. The molecule has 1 amide bonds. The van der Waals surface area contributed by atoms with E-state index in [-0.39, 0.29) is 23.2 Å². The third-order valence-corrected chi connectivity index (χ3v) is 7.03. The average molecular weight is 393 g/mol. The first-order valence-electron chi connectivity index (χ1n) is 7.68. The van der Waals surface area contributed by atoms with Crippen LogP contribution >= 0.6 is 23.4 Å². The van der Waals surface area contributed by atoms with Gasteiger partial charge in [0.15, 0.2) is 0 Å². The first kappa shape index (κ1) is 19.0. The minimum atomic E-state index is -2.03. The molecule has 0 unspecified atom stereocenters. The maximum absolute atomic E-state index is 12.6. The molecular weight excluding hydrogens is 368 g/mol. The highest BCUT2D eigenvalue weighted by Gasteiger charge is 2.54. The molecule has 0 spiro atoms. The summed E-state index contributed by atoms with van der Waals surface area (Å²) in [7, 11) is -3.61. The summed E-state index contributed by atoms with van der Waals surface area (Å²) >= 11 is 7.67. The summed E-state index contributed by atoms with van der Waals surface area (Å²) in [4.78, 5) is 30.3. The van der Waals surface area contributed by atoms with Crippen molar-refractivity contribution < 1.29 is 14.0 Å². The van der Waals surface area contributed by atoms with E-state index in [9.17, 15) is 9.59 Å². The van der Waals surface area contributed by atoms with Crippen molar-refractivity contribution in [3.05, 3.63) is 11.3 Å². The number of thioether (sulfide) groups is 1. The monoisotopic (exact) mass is 392 g/mol. The maximum Gasteiger partial charge on any atom is 0.341 e. The Balaban J connectivity index is 2.25. The van der Waals surface area contributed by atoms with Gasteiger partial charge in [0.05, 0.1) is 0 Å². The van der Waals surface area contributed by atoms with Crippen LogP contribution in [-0.4, -0.2) is 56.4 Å². The van der Waals surface area contributed by atoms with Gasteiger partial charge >= 0.3 is 5.97 Å². The number of fused-ring (bicyclic) bond motifs is 1. The van der Waals surface area contributed by atoms with Gasteiger partial charge in [0.25, 0.3) is 0 Å². The number of hydrogen-bond donors (Lipinski definition) is 1. The van der Waals surface area contributed by atoms with Crippen molar-refractivity contribution in [3.8, 4) is 0 Å². The molecule has 1 saturated heterocycles. The van der Waals surface area contributed by atoms with E-state index in [2.05, 4.69) is 24.6 Å². The molecule has 2 aliphatic rings. The highest BCUT2D eigenvalue weighted by Crippen LogP contribution is 2.41. The number of amides is 1. The van der Waals surface area contributed by atoms with Crippen LogP contribution in [0.1, 0.15) is 0 Å². The zero-order valence-electron chi connectivity index (χ0n) is 14.5.